The number of H-pyrrole nitrogens is 1. The van der Waals surface area contributed by atoms with Gasteiger partial charge in [-0.25, -0.2) is 4.98 Å². The lowest BCUT2D eigenvalue weighted by molar-refractivity contribution is -0.129. The third-order valence-corrected chi connectivity index (χ3v) is 4.18. The fraction of sp³-hybridized carbons (Fsp3) is 0.615. The Morgan fingerprint density at radius 3 is 2.75 bits per heavy atom. The summed E-state index contributed by atoms with van der Waals surface area (Å²) in [5, 5.41) is 0.525. The smallest absolute Gasteiger partial charge is 0.251 e. The molecule has 1 fully saturated rings. The first-order chi connectivity index (χ1) is 9.58. The third kappa shape index (κ3) is 4.08. The summed E-state index contributed by atoms with van der Waals surface area (Å²) in [6.07, 6.45) is 0.712. The summed E-state index contributed by atoms with van der Waals surface area (Å²) >= 11 is 1.30. The number of aryl methyl sites for hydroxylation is 1. The van der Waals surface area contributed by atoms with Crippen molar-refractivity contribution in [3.63, 3.8) is 0 Å². The number of likely N-dealkylation sites (N-methyl/N-ethyl adjacent to an activating group) is 1. The van der Waals surface area contributed by atoms with E-state index in [4.69, 9.17) is 0 Å². The number of hydrogen-bond donors (Lipinski definition) is 1. The Labute approximate surface area is 122 Å². The highest BCUT2D eigenvalue weighted by molar-refractivity contribution is 7.99. The molecule has 6 nitrogen and oxygen atoms in total. The molecule has 2 rings (SSSR count). The van der Waals surface area contributed by atoms with Crippen molar-refractivity contribution >= 4 is 17.7 Å². The van der Waals surface area contributed by atoms with E-state index in [1.165, 1.54) is 17.8 Å². The van der Waals surface area contributed by atoms with Crippen LogP contribution in [-0.4, -0.2) is 64.7 Å². The molecule has 1 N–H and O–H groups in total. The van der Waals surface area contributed by atoms with Gasteiger partial charge in [-0.05, 0) is 13.5 Å². The number of nitrogens with one attached hydrogen (secondary N) is 1. The fourth-order valence-electron chi connectivity index (χ4n) is 2.01. The molecule has 1 aromatic heterocycles. The molecule has 0 spiro atoms. The molecule has 20 heavy (non-hydrogen) atoms. The zero-order valence-electron chi connectivity index (χ0n) is 11.9. The van der Waals surface area contributed by atoms with E-state index in [0.717, 1.165) is 31.9 Å². The van der Waals surface area contributed by atoms with Crippen LogP contribution in [0.1, 0.15) is 12.6 Å². The third-order valence-electron chi connectivity index (χ3n) is 3.32. The van der Waals surface area contributed by atoms with Crippen LogP contribution in [0.25, 0.3) is 0 Å². The van der Waals surface area contributed by atoms with Crippen LogP contribution in [0.3, 0.4) is 0 Å². The normalized spacial score (nSPS) is 16.4. The van der Waals surface area contributed by atoms with E-state index < -0.39 is 0 Å². The Hall–Kier alpha value is -1.34. The van der Waals surface area contributed by atoms with Crippen molar-refractivity contribution in [1.29, 1.82) is 0 Å². The topological polar surface area (TPSA) is 69.3 Å². The van der Waals surface area contributed by atoms with Crippen molar-refractivity contribution < 1.29 is 4.79 Å². The van der Waals surface area contributed by atoms with Gasteiger partial charge in [0.05, 0.1) is 5.75 Å². The Kier molecular flexibility index (Phi) is 5.19. The minimum absolute atomic E-state index is 0.104. The van der Waals surface area contributed by atoms with Gasteiger partial charge >= 0.3 is 0 Å². The zero-order valence-corrected chi connectivity index (χ0v) is 12.7. The number of piperazine rings is 1. The molecule has 1 aliphatic heterocycles. The van der Waals surface area contributed by atoms with Gasteiger partial charge in [-0.3, -0.25) is 9.59 Å². The van der Waals surface area contributed by atoms with Crippen molar-refractivity contribution in [3.8, 4) is 0 Å². The molecule has 0 aromatic carbocycles. The Morgan fingerprint density at radius 2 is 2.10 bits per heavy atom. The second kappa shape index (κ2) is 6.90. The maximum Gasteiger partial charge on any atom is 0.251 e. The van der Waals surface area contributed by atoms with E-state index >= 15 is 0 Å². The van der Waals surface area contributed by atoms with Gasteiger partial charge in [-0.2, -0.15) is 0 Å². The Balaban J connectivity index is 1.90. The lowest BCUT2D eigenvalue weighted by atomic mass is 10.3. The van der Waals surface area contributed by atoms with Crippen molar-refractivity contribution in [2.24, 2.45) is 0 Å². The number of amides is 1. The van der Waals surface area contributed by atoms with E-state index in [2.05, 4.69) is 21.9 Å². The van der Waals surface area contributed by atoms with E-state index in [9.17, 15) is 9.59 Å². The predicted octanol–water partition coefficient (Wildman–Crippen LogP) is 0.198. The fourth-order valence-corrected chi connectivity index (χ4v) is 2.81. The number of hydrogen-bond acceptors (Lipinski definition) is 5. The summed E-state index contributed by atoms with van der Waals surface area (Å²) in [6, 6.07) is 1.49. The molecule has 0 bridgehead atoms. The monoisotopic (exact) mass is 296 g/mol. The Morgan fingerprint density at radius 1 is 1.40 bits per heavy atom. The minimum atomic E-state index is -0.161. The lowest BCUT2D eigenvalue weighted by Gasteiger charge is -2.32. The van der Waals surface area contributed by atoms with E-state index in [1.807, 2.05) is 11.8 Å². The van der Waals surface area contributed by atoms with Crippen LogP contribution in [0.5, 0.6) is 0 Å². The summed E-state index contributed by atoms with van der Waals surface area (Å²) in [6.45, 7) is 5.32. The van der Waals surface area contributed by atoms with Gasteiger partial charge in [0.25, 0.3) is 5.56 Å². The number of nitrogens with zero attached hydrogens (tertiary/aromatic N) is 3. The van der Waals surface area contributed by atoms with Gasteiger partial charge in [0.15, 0.2) is 5.16 Å². The molecule has 0 aliphatic carbocycles. The average molecular weight is 296 g/mol. The highest BCUT2D eigenvalue weighted by atomic mass is 32.2. The Bertz CT molecular complexity index is 523. The molecule has 110 valence electrons. The summed E-state index contributed by atoms with van der Waals surface area (Å²) < 4.78 is 0. The van der Waals surface area contributed by atoms with Crippen molar-refractivity contribution in [1.82, 2.24) is 19.8 Å². The number of carbonyl (C=O) groups is 1. The van der Waals surface area contributed by atoms with E-state index in [1.54, 1.807) is 0 Å². The van der Waals surface area contributed by atoms with Crippen molar-refractivity contribution in [2.75, 3.05) is 39.0 Å². The summed E-state index contributed by atoms with van der Waals surface area (Å²) in [5.41, 5.74) is 0.592. The van der Waals surface area contributed by atoms with Crippen LogP contribution in [0, 0.1) is 0 Å². The number of carbonyl (C=O) groups excluding carboxylic acids is 1. The largest absolute Gasteiger partial charge is 0.339 e. The van der Waals surface area contributed by atoms with E-state index in [0.29, 0.717) is 17.3 Å². The van der Waals surface area contributed by atoms with E-state index in [-0.39, 0.29) is 11.5 Å². The first kappa shape index (κ1) is 15.1. The second-order valence-corrected chi connectivity index (χ2v) is 5.83. The quantitative estimate of drug-likeness (QED) is 0.635. The number of aromatic nitrogens is 2. The van der Waals surface area contributed by atoms with Crippen molar-refractivity contribution in [2.45, 2.75) is 18.5 Å². The first-order valence-corrected chi connectivity index (χ1v) is 7.76. The first-order valence-electron chi connectivity index (χ1n) is 6.78. The maximum absolute atomic E-state index is 12.1. The van der Waals surface area contributed by atoms with Crippen LogP contribution in [0.2, 0.25) is 0 Å². The van der Waals surface area contributed by atoms with Gasteiger partial charge in [-0.1, -0.05) is 18.7 Å². The minimum Gasteiger partial charge on any atom is -0.339 e. The number of aromatic amines is 1. The lowest BCUT2D eigenvalue weighted by Crippen LogP contribution is -2.47. The van der Waals surface area contributed by atoms with Crippen LogP contribution < -0.4 is 5.56 Å². The van der Waals surface area contributed by atoms with Gasteiger partial charge in [0, 0.05) is 37.9 Å². The molecule has 0 atom stereocenters. The maximum atomic E-state index is 12.1. The SMILES string of the molecule is CCc1cc(=O)[nH]c(SCC(=O)N2CCN(C)CC2)n1. The van der Waals surface area contributed by atoms with Gasteiger partial charge in [0.1, 0.15) is 0 Å². The number of rotatable bonds is 4. The molecule has 7 heteroatoms. The van der Waals surface area contributed by atoms with Crippen LogP contribution in [0.4, 0.5) is 0 Å². The summed E-state index contributed by atoms with van der Waals surface area (Å²) in [4.78, 5) is 34.6. The predicted molar refractivity (Wildman–Crippen MR) is 79.0 cm³/mol. The van der Waals surface area contributed by atoms with Crippen LogP contribution in [-0.2, 0) is 11.2 Å². The molecule has 0 unspecified atom stereocenters. The standard InChI is InChI=1S/C13H20N4O2S/c1-3-10-8-11(18)15-13(14-10)20-9-12(19)17-6-4-16(2)5-7-17/h8H,3-7,9H2,1-2H3,(H,14,15,18). The molecule has 1 aliphatic rings. The van der Waals surface area contributed by atoms with Gasteiger partial charge < -0.3 is 14.8 Å². The average Bonchev–Trinajstić information content (AvgIpc) is 2.45. The zero-order chi connectivity index (χ0) is 14.5. The highest BCUT2D eigenvalue weighted by Gasteiger charge is 2.19. The molecule has 0 saturated carbocycles. The second-order valence-electron chi connectivity index (χ2n) is 4.87. The molecule has 1 saturated heterocycles. The summed E-state index contributed by atoms with van der Waals surface area (Å²) in [7, 11) is 2.06. The molecule has 1 amide bonds. The van der Waals surface area contributed by atoms with Crippen LogP contribution in [0.15, 0.2) is 16.0 Å². The number of thioether (sulfide) groups is 1. The van der Waals surface area contributed by atoms with Gasteiger partial charge in [0.2, 0.25) is 5.91 Å². The molecular weight excluding hydrogens is 276 g/mol. The molecular formula is C13H20N4O2S. The molecule has 1 aromatic rings. The molecule has 0 radical (unpaired) electrons. The summed E-state index contributed by atoms with van der Waals surface area (Å²) in [5.74, 6) is 0.424. The van der Waals surface area contributed by atoms with Gasteiger partial charge in [-0.15, -0.1) is 0 Å². The van der Waals surface area contributed by atoms with Crippen molar-refractivity contribution in [3.05, 3.63) is 22.1 Å². The van der Waals surface area contributed by atoms with Crippen LogP contribution >= 0.6 is 11.8 Å². The molecule has 2 heterocycles. The highest BCUT2D eigenvalue weighted by Crippen LogP contribution is 2.13.